The lowest BCUT2D eigenvalue weighted by atomic mass is 9.95. The molecule has 1 aromatic carbocycles. The van der Waals surface area contributed by atoms with Crippen molar-refractivity contribution in [3.05, 3.63) is 35.9 Å². The summed E-state index contributed by atoms with van der Waals surface area (Å²) in [6.07, 6.45) is 6.22. The highest BCUT2D eigenvalue weighted by molar-refractivity contribution is 6.07. The van der Waals surface area contributed by atoms with Crippen LogP contribution in [-0.4, -0.2) is 48.1 Å². The van der Waals surface area contributed by atoms with E-state index in [1.54, 1.807) is 0 Å². The van der Waals surface area contributed by atoms with Crippen LogP contribution >= 0.6 is 0 Å². The zero-order valence-electron chi connectivity index (χ0n) is 14.5. The number of rotatable bonds is 3. The molecular formula is C20H25N3O2. The lowest BCUT2D eigenvalue weighted by molar-refractivity contribution is 0.0304. The van der Waals surface area contributed by atoms with Crippen molar-refractivity contribution in [2.75, 3.05) is 31.6 Å². The molecule has 0 atom stereocenters. The molecule has 5 nitrogen and oxygen atoms in total. The highest BCUT2D eigenvalue weighted by Gasteiger charge is 2.22. The summed E-state index contributed by atoms with van der Waals surface area (Å²) >= 11 is 0. The number of nitrogens with one attached hydrogen (secondary N) is 1. The highest BCUT2D eigenvalue weighted by atomic mass is 16.5. The number of benzene rings is 1. The fourth-order valence-electron chi connectivity index (χ4n) is 3.82. The van der Waals surface area contributed by atoms with Gasteiger partial charge in [0.1, 0.15) is 5.82 Å². The molecule has 1 saturated carbocycles. The van der Waals surface area contributed by atoms with Crippen LogP contribution in [0.1, 0.15) is 42.5 Å². The summed E-state index contributed by atoms with van der Waals surface area (Å²) in [5.74, 6) is 0.899. The standard InChI is InChI=1S/C20H25N3O2/c24-20(23-10-12-25-13-11-23)17-14-19(21-15-6-2-1-3-7-15)22-18-9-5-4-8-16(17)18/h4-5,8-9,14-15H,1-3,6-7,10-13H2,(H,21,22). The summed E-state index contributed by atoms with van der Waals surface area (Å²) in [7, 11) is 0. The number of carbonyl (C=O) groups excluding carboxylic acids is 1. The number of ether oxygens (including phenoxy) is 1. The highest BCUT2D eigenvalue weighted by Crippen LogP contribution is 2.26. The summed E-state index contributed by atoms with van der Waals surface area (Å²) in [6, 6.07) is 10.3. The van der Waals surface area contributed by atoms with Gasteiger partial charge in [0.15, 0.2) is 0 Å². The van der Waals surface area contributed by atoms with Gasteiger partial charge in [-0.2, -0.15) is 0 Å². The number of amides is 1. The third-order valence-corrected chi connectivity index (χ3v) is 5.20. The Hall–Kier alpha value is -2.14. The Morgan fingerprint density at radius 2 is 1.88 bits per heavy atom. The Labute approximate surface area is 148 Å². The molecule has 0 spiro atoms. The number of anilines is 1. The first-order valence-electron chi connectivity index (χ1n) is 9.34. The number of para-hydroxylation sites is 1. The Morgan fingerprint density at radius 1 is 1.12 bits per heavy atom. The number of aromatic nitrogens is 1. The van der Waals surface area contributed by atoms with Gasteiger partial charge in [-0.25, -0.2) is 4.98 Å². The smallest absolute Gasteiger partial charge is 0.254 e. The molecule has 2 aliphatic rings. The summed E-state index contributed by atoms with van der Waals surface area (Å²) in [4.78, 5) is 19.7. The van der Waals surface area contributed by atoms with Crippen molar-refractivity contribution in [1.82, 2.24) is 9.88 Å². The molecule has 1 amide bonds. The van der Waals surface area contributed by atoms with E-state index in [1.165, 1.54) is 32.1 Å². The first kappa shape index (κ1) is 16.3. The van der Waals surface area contributed by atoms with E-state index in [9.17, 15) is 4.79 Å². The van der Waals surface area contributed by atoms with Crippen molar-refractivity contribution in [3.63, 3.8) is 0 Å². The van der Waals surface area contributed by atoms with Gasteiger partial charge in [-0.3, -0.25) is 4.79 Å². The van der Waals surface area contributed by atoms with E-state index < -0.39 is 0 Å². The van der Waals surface area contributed by atoms with Crippen LogP contribution in [0.3, 0.4) is 0 Å². The number of fused-ring (bicyclic) bond motifs is 1. The average molecular weight is 339 g/mol. The molecule has 4 rings (SSSR count). The molecule has 0 unspecified atom stereocenters. The first-order chi connectivity index (χ1) is 12.3. The number of nitrogens with zero attached hydrogens (tertiary/aromatic N) is 2. The SMILES string of the molecule is O=C(c1cc(NC2CCCCC2)nc2ccccc12)N1CCOCC1. The zero-order chi connectivity index (χ0) is 17.1. The molecule has 25 heavy (non-hydrogen) atoms. The van der Waals surface area contributed by atoms with Crippen molar-refractivity contribution in [3.8, 4) is 0 Å². The molecule has 132 valence electrons. The van der Waals surface area contributed by atoms with Gasteiger partial charge in [-0.05, 0) is 25.0 Å². The second kappa shape index (κ2) is 7.40. The minimum absolute atomic E-state index is 0.0774. The van der Waals surface area contributed by atoms with Crippen LogP contribution in [-0.2, 0) is 4.74 Å². The molecule has 0 bridgehead atoms. The third kappa shape index (κ3) is 3.61. The molecule has 2 heterocycles. The van der Waals surface area contributed by atoms with Crippen LogP contribution in [0, 0.1) is 0 Å². The Kier molecular flexibility index (Phi) is 4.83. The molecule has 2 aromatic rings. The maximum absolute atomic E-state index is 13.1. The maximum Gasteiger partial charge on any atom is 0.254 e. The van der Waals surface area contributed by atoms with Crippen molar-refractivity contribution >= 4 is 22.6 Å². The second-order valence-electron chi connectivity index (χ2n) is 6.96. The van der Waals surface area contributed by atoms with Crippen LogP contribution in [0.15, 0.2) is 30.3 Å². The van der Waals surface area contributed by atoms with Gasteiger partial charge in [-0.1, -0.05) is 37.5 Å². The van der Waals surface area contributed by atoms with Crippen molar-refractivity contribution in [2.45, 2.75) is 38.1 Å². The summed E-state index contributed by atoms with van der Waals surface area (Å²) in [5, 5.41) is 4.49. The van der Waals surface area contributed by atoms with Gasteiger partial charge in [0.2, 0.25) is 0 Å². The lowest BCUT2D eigenvalue weighted by Gasteiger charge is -2.28. The molecule has 1 aliphatic heterocycles. The van der Waals surface area contributed by atoms with Gasteiger partial charge in [0.05, 0.1) is 24.3 Å². The average Bonchev–Trinajstić information content (AvgIpc) is 2.68. The summed E-state index contributed by atoms with van der Waals surface area (Å²) in [6.45, 7) is 2.53. The van der Waals surface area contributed by atoms with Crippen molar-refractivity contribution in [1.29, 1.82) is 0 Å². The predicted octanol–water partition coefficient (Wildman–Crippen LogP) is 3.45. The number of pyridine rings is 1. The van der Waals surface area contributed by atoms with Gasteiger partial charge in [0.25, 0.3) is 5.91 Å². The normalized spacial score (nSPS) is 19.1. The second-order valence-corrected chi connectivity index (χ2v) is 6.96. The van der Waals surface area contributed by atoms with Gasteiger partial charge < -0.3 is 15.0 Å². The van der Waals surface area contributed by atoms with E-state index >= 15 is 0 Å². The Bertz CT molecular complexity index is 750. The van der Waals surface area contributed by atoms with Crippen LogP contribution in [0.2, 0.25) is 0 Å². The number of hydrogen-bond acceptors (Lipinski definition) is 4. The van der Waals surface area contributed by atoms with Gasteiger partial charge >= 0.3 is 0 Å². The van der Waals surface area contributed by atoms with E-state index in [0.29, 0.717) is 32.3 Å². The van der Waals surface area contributed by atoms with Crippen LogP contribution in [0.4, 0.5) is 5.82 Å². The molecule has 1 N–H and O–H groups in total. The minimum atomic E-state index is 0.0774. The lowest BCUT2D eigenvalue weighted by Crippen LogP contribution is -2.40. The predicted molar refractivity (Wildman–Crippen MR) is 99.0 cm³/mol. The quantitative estimate of drug-likeness (QED) is 0.930. The van der Waals surface area contributed by atoms with E-state index in [0.717, 1.165) is 22.3 Å². The van der Waals surface area contributed by atoms with Gasteiger partial charge in [0, 0.05) is 24.5 Å². The van der Waals surface area contributed by atoms with E-state index in [-0.39, 0.29) is 5.91 Å². The van der Waals surface area contributed by atoms with E-state index in [2.05, 4.69) is 5.32 Å². The van der Waals surface area contributed by atoms with E-state index in [4.69, 9.17) is 9.72 Å². The van der Waals surface area contributed by atoms with Crippen LogP contribution in [0.25, 0.3) is 10.9 Å². The Morgan fingerprint density at radius 3 is 2.68 bits per heavy atom. The number of carbonyl (C=O) groups is 1. The zero-order valence-corrected chi connectivity index (χ0v) is 14.5. The van der Waals surface area contributed by atoms with Crippen LogP contribution < -0.4 is 5.32 Å². The Balaban J connectivity index is 1.66. The molecule has 2 fully saturated rings. The molecule has 1 aliphatic carbocycles. The maximum atomic E-state index is 13.1. The topological polar surface area (TPSA) is 54.5 Å². The summed E-state index contributed by atoms with van der Waals surface area (Å²) in [5.41, 5.74) is 1.62. The van der Waals surface area contributed by atoms with Crippen molar-refractivity contribution < 1.29 is 9.53 Å². The largest absolute Gasteiger partial charge is 0.378 e. The van der Waals surface area contributed by atoms with Gasteiger partial charge in [-0.15, -0.1) is 0 Å². The fraction of sp³-hybridized carbons (Fsp3) is 0.500. The molecule has 1 saturated heterocycles. The van der Waals surface area contributed by atoms with Crippen molar-refractivity contribution in [2.24, 2.45) is 0 Å². The summed E-state index contributed by atoms with van der Waals surface area (Å²) < 4.78 is 5.38. The van der Waals surface area contributed by atoms with Crippen LogP contribution in [0.5, 0.6) is 0 Å². The molecule has 0 radical (unpaired) electrons. The molecule has 5 heteroatoms. The first-order valence-corrected chi connectivity index (χ1v) is 9.34. The van der Waals surface area contributed by atoms with E-state index in [1.807, 2.05) is 35.2 Å². The monoisotopic (exact) mass is 339 g/mol. The fourth-order valence-corrected chi connectivity index (χ4v) is 3.82. The number of hydrogen-bond donors (Lipinski definition) is 1. The number of morpholine rings is 1. The molecule has 1 aromatic heterocycles. The third-order valence-electron chi connectivity index (χ3n) is 5.20. The molecular weight excluding hydrogens is 314 g/mol. The minimum Gasteiger partial charge on any atom is -0.378 e.